The highest BCUT2D eigenvalue weighted by Gasteiger charge is 2.20. The van der Waals surface area contributed by atoms with E-state index in [1.54, 1.807) is 36.4 Å². The zero-order chi connectivity index (χ0) is 19.8. The Labute approximate surface area is 171 Å². The summed E-state index contributed by atoms with van der Waals surface area (Å²) in [6.45, 7) is -0.00879. The van der Waals surface area contributed by atoms with Crippen LogP contribution in [0, 0.1) is 0 Å². The quantitative estimate of drug-likeness (QED) is 0.408. The lowest BCUT2D eigenvalue weighted by Gasteiger charge is -2.12. The van der Waals surface area contributed by atoms with Crippen molar-refractivity contribution >= 4 is 52.9 Å². The highest BCUT2D eigenvalue weighted by atomic mass is 35.5. The Hall–Kier alpha value is -2.28. The summed E-state index contributed by atoms with van der Waals surface area (Å²) in [5.74, 6) is -1.23. The van der Waals surface area contributed by atoms with Crippen LogP contribution in [0.5, 0.6) is 0 Å². The van der Waals surface area contributed by atoms with E-state index in [0.29, 0.717) is 20.6 Å². The number of oxime groups is 1. The van der Waals surface area contributed by atoms with Gasteiger partial charge in [0.1, 0.15) is 6.61 Å². The van der Waals surface area contributed by atoms with Crippen molar-refractivity contribution < 1.29 is 19.2 Å². The van der Waals surface area contributed by atoms with Gasteiger partial charge in [-0.1, -0.05) is 52.1 Å². The average Bonchev–Trinajstić information content (AvgIpc) is 2.65. The molecule has 9 heteroatoms. The van der Waals surface area contributed by atoms with Crippen molar-refractivity contribution in [2.75, 3.05) is 7.11 Å². The van der Waals surface area contributed by atoms with E-state index in [2.05, 4.69) is 15.2 Å². The van der Waals surface area contributed by atoms with Crippen LogP contribution in [0.15, 0.2) is 47.6 Å². The third kappa shape index (κ3) is 6.13. The Kier molecular flexibility index (Phi) is 7.91. The van der Waals surface area contributed by atoms with Crippen LogP contribution in [0.2, 0.25) is 15.1 Å². The number of amides is 1. The van der Waals surface area contributed by atoms with Crippen molar-refractivity contribution in [1.82, 2.24) is 5.32 Å². The maximum absolute atomic E-state index is 12.3. The molecule has 0 aromatic heterocycles. The third-order valence-electron chi connectivity index (χ3n) is 3.38. The molecule has 0 spiro atoms. The molecule has 0 aliphatic carbocycles. The largest absolute Gasteiger partial charge is 0.467 e. The summed E-state index contributed by atoms with van der Waals surface area (Å²) in [6, 6.07) is 10.2. The Morgan fingerprint density at radius 1 is 1.15 bits per heavy atom. The van der Waals surface area contributed by atoms with Crippen LogP contribution >= 0.6 is 34.8 Å². The molecular weight excluding hydrogens is 415 g/mol. The zero-order valence-corrected chi connectivity index (χ0v) is 16.4. The second-order valence-electron chi connectivity index (χ2n) is 5.21. The number of methoxy groups -OCH3 is 1. The molecular formula is C18H15Cl3N2O4. The van der Waals surface area contributed by atoms with Crippen molar-refractivity contribution in [2.45, 2.75) is 12.6 Å². The fraction of sp³-hybridized carbons (Fsp3) is 0.167. The van der Waals surface area contributed by atoms with Crippen LogP contribution in [0.4, 0.5) is 0 Å². The molecule has 0 fully saturated rings. The van der Waals surface area contributed by atoms with Gasteiger partial charge in [0.2, 0.25) is 0 Å². The Morgan fingerprint density at radius 3 is 2.44 bits per heavy atom. The van der Waals surface area contributed by atoms with Gasteiger partial charge < -0.3 is 14.9 Å². The minimum absolute atomic E-state index is 0.00879. The molecule has 2 aromatic carbocycles. The second-order valence-corrected chi connectivity index (χ2v) is 6.46. The topological polar surface area (TPSA) is 77.0 Å². The molecule has 0 aliphatic heterocycles. The molecule has 0 unspecified atom stereocenters. The number of rotatable bonds is 7. The second kappa shape index (κ2) is 10.2. The number of benzene rings is 2. The van der Waals surface area contributed by atoms with Gasteiger partial charge in [-0.2, -0.15) is 0 Å². The summed E-state index contributed by atoms with van der Waals surface area (Å²) in [5, 5.41) is 7.43. The van der Waals surface area contributed by atoms with Crippen LogP contribution in [-0.4, -0.2) is 31.2 Å². The van der Waals surface area contributed by atoms with Crippen molar-refractivity contribution in [3.8, 4) is 0 Å². The van der Waals surface area contributed by atoms with E-state index in [-0.39, 0.29) is 12.2 Å². The summed E-state index contributed by atoms with van der Waals surface area (Å²) in [5.41, 5.74) is 0.837. The molecule has 6 nitrogen and oxygen atoms in total. The normalized spacial score (nSPS) is 11.9. The van der Waals surface area contributed by atoms with E-state index >= 15 is 0 Å². The van der Waals surface area contributed by atoms with Gasteiger partial charge in [-0.05, 0) is 30.3 Å². The monoisotopic (exact) mass is 428 g/mol. The van der Waals surface area contributed by atoms with Gasteiger partial charge in [-0.3, -0.25) is 4.79 Å². The summed E-state index contributed by atoms with van der Waals surface area (Å²) >= 11 is 17.9. The van der Waals surface area contributed by atoms with Crippen molar-refractivity contribution in [3.63, 3.8) is 0 Å². The van der Waals surface area contributed by atoms with Gasteiger partial charge in [0, 0.05) is 26.2 Å². The molecule has 1 atom stereocenters. The standard InChI is InChI=1S/C18H15Cl3N2O4/c1-26-18(25)16(23-17(24)11-4-2-5-12(19)8-11)9-22-27-10-13-14(20)6-3-7-15(13)21/h2-9,16H,10H2,1H3,(H,23,24)/b22-9-/t16-/m0/s1. The van der Waals surface area contributed by atoms with E-state index < -0.39 is 17.9 Å². The first-order valence-electron chi connectivity index (χ1n) is 7.65. The zero-order valence-electron chi connectivity index (χ0n) is 14.1. The molecule has 27 heavy (non-hydrogen) atoms. The molecule has 0 saturated heterocycles. The third-order valence-corrected chi connectivity index (χ3v) is 4.33. The smallest absolute Gasteiger partial charge is 0.334 e. The van der Waals surface area contributed by atoms with E-state index in [9.17, 15) is 9.59 Å². The lowest BCUT2D eigenvalue weighted by molar-refractivity contribution is -0.140. The van der Waals surface area contributed by atoms with Crippen LogP contribution in [0.1, 0.15) is 15.9 Å². The van der Waals surface area contributed by atoms with Crippen molar-refractivity contribution in [2.24, 2.45) is 5.16 Å². The Balaban J connectivity index is 2.02. The number of ether oxygens (including phenoxy) is 1. The van der Waals surface area contributed by atoms with Crippen LogP contribution in [0.25, 0.3) is 0 Å². The SMILES string of the molecule is COC(=O)[C@H](/C=N\OCc1c(Cl)cccc1Cl)NC(=O)c1cccc(Cl)c1. The van der Waals surface area contributed by atoms with Crippen molar-refractivity contribution in [3.05, 3.63) is 68.7 Å². The molecule has 1 N–H and O–H groups in total. The first kappa shape index (κ1) is 21.0. The number of nitrogens with zero attached hydrogens (tertiary/aromatic N) is 1. The molecule has 0 heterocycles. The number of hydrogen-bond donors (Lipinski definition) is 1. The Morgan fingerprint density at radius 2 is 1.81 bits per heavy atom. The van der Waals surface area contributed by atoms with Crippen molar-refractivity contribution in [1.29, 1.82) is 0 Å². The molecule has 2 rings (SSSR count). The number of nitrogens with one attached hydrogen (secondary N) is 1. The predicted molar refractivity (Wildman–Crippen MR) is 104 cm³/mol. The Bertz CT molecular complexity index is 838. The molecule has 0 radical (unpaired) electrons. The van der Waals surface area contributed by atoms with Crippen LogP contribution in [-0.2, 0) is 21.0 Å². The fourth-order valence-electron chi connectivity index (χ4n) is 2.01. The lowest BCUT2D eigenvalue weighted by Crippen LogP contribution is -2.42. The summed E-state index contributed by atoms with van der Waals surface area (Å²) in [6.07, 6.45) is 1.11. The molecule has 1 amide bonds. The maximum atomic E-state index is 12.3. The van der Waals surface area contributed by atoms with Gasteiger partial charge >= 0.3 is 5.97 Å². The minimum Gasteiger partial charge on any atom is -0.467 e. The van der Waals surface area contributed by atoms with Gasteiger partial charge in [-0.15, -0.1) is 0 Å². The lowest BCUT2D eigenvalue weighted by atomic mass is 10.2. The van der Waals surface area contributed by atoms with Gasteiger partial charge in [0.25, 0.3) is 5.91 Å². The van der Waals surface area contributed by atoms with Crippen LogP contribution in [0.3, 0.4) is 0 Å². The number of carbonyl (C=O) groups excluding carboxylic acids is 2. The van der Waals surface area contributed by atoms with E-state index in [0.717, 1.165) is 6.21 Å². The number of carbonyl (C=O) groups is 2. The van der Waals surface area contributed by atoms with Gasteiger partial charge in [-0.25, -0.2) is 4.79 Å². The summed E-state index contributed by atoms with van der Waals surface area (Å²) in [7, 11) is 1.19. The maximum Gasteiger partial charge on any atom is 0.334 e. The van der Waals surface area contributed by atoms with E-state index in [1.165, 1.54) is 13.2 Å². The molecule has 0 saturated carbocycles. The predicted octanol–water partition coefficient (Wildman–Crippen LogP) is 4.12. The summed E-state index contributed by atoms with van der Waals surface area (Å²) < 4.78 is 4.66. The number of hydrogen-bond acceptors (Lipinski definition) is 5. The molecule has 0 aliphatic rings. The molecule has 142 valence electrons. The van der Waals surface area contributed by atoms with Gasteiger partial charge in [0.15, 0.2) is 6.04 Å². The first-order valence-corrected chi connectivity index (χ1v) is 8.78. The number of esters is 1. The first-order chi connectivity index (χ1) is 12.9. The average molecular weight is 430 g/mol. The van der Waals surface area contributed by atoms with E-state index in [1.807, 2.05) is 0 Å². The number of halogens is 3. The fourth-order valence-corrected chi connectivity index (χ4v) is 2.71. The highest BCUT2D eigenvalue weighted by Crippen LogP contribution is 2.24. The summed E-state index contributed by atoms with van der Waals surface area (Å²) in [4.78, 5) is 29.3. The molecule has 2 aromatic rings. The molecule has 0 bridgehead atoms. The highest BCUT2D eigenvalue weighted by molar-refractivity contribution is 6.36. The minimum atomic E-state index is -1.15. The van der Waals surface area contributed by atoms with Gasteiger partial charge in [0.05, 0.1) is 13.3 Å². The van der Waals surface area contributed by atoms with Crippen LogP contribution < -0.4 is 5.32 Å². The van der Waals surface area contributed by atoms with E-state index in [4.69, 9.17) is 39.6 Å².